The minimum absolute atomic E-state index is 0. The second kappa shape index (κ2) is 6.82. The van der Waals surface area contributed by atoms with Gasteiger partial charge in [-0.05, 0) is 38.1 Å². The van der Waals surface area contributed by atoms with Crippen LogP contribution in [0.3, 0.4) is 0 Å². The van der Waals surface area contributed by atoms with E-state index in [0.29, 0.717) is 0 Å². The van der Waals surface area contributed by atoms with Crippen molar-refractivity contribution in [2.24, 2.45) is 0 Å². The Kier molecular flexibility index (Phi) is 5.69. The predicted octanol–water partition coefficient (Wildman–Crippen LogP) is 2.21. The highest BCUT2D eigenvalue weighted by molar-refractivity contribution is 5.94. The van der Waals surface area contributed by atoms with E-state index in [1.165, 1.54) is 6.07 Å². The maximum Gasteiger partial charge on any atom is 0.256 e. The van der Waals surface area contributed by atoms with E-state index in [1.807, 2.05) is 0 Å². The van der Waals surface area contributed by atoms with Crippen LogP contribution in [0, 0.1) is 11.6 Å². The van der Waals surface area contributed by atoms with E-state index >= 15 is 0 Å². The Bertz CT molecular complexity index is 450. The Hall–Kier alpha value is -1.20. The monoisotopic (exact) mass is 290 g/mol. The number of piperidine rings is 1. The Morgan fingerprint density at radius 1 is 1.32 bits per heavy atom. The van der Waals surface area contributed by atoms with E-state index in [0.717, 1.165) is 38.1 Å². The summed E-state index contributed by atoms with van der Waals surface area (Å²) in [5.41, 5.74) is -0.0718. The first-order chi connectivity index (χ1) is 8.59. The molecule has 0 saturated carbocycles. The molecule has 0 radical (unpaired) electrons. The molecule has 1 aromatic carbocycles. The smallest absolute Gasteiger partial charge is 0.256 e. The average Bonchev–Trinajstić information content (AvgIpc) is 2.38. The first-order valence-electron chi connectivity index (χ1n) is 6.02. The average molecular weight is 291 g/mol. The number of rotatable bonds is 2. The van der Waals surface area contributed by atoms with Crippen LogP contribution in [0.1, 0.15) is 23.2 Å². The summed E-state index contributed by atoms with van der Waals surface area (Å²) in [6.45, 7) is 1.71. The van der Waals surface area contributed by atoms with Gasteiger partial charge in [0.2, 0.25) is 0 Å². The van der Waals surface area contributed by atoms with Crippen molar-refractivity contribution in [3.63, 3.8) is 0 Å². The SMILES string of the molecule is CN(C(=O)c1ccc(F)cc1F)C1CCNCC1.Cl. The van der Waals surface area contributed by atoms with Gasteiger partial charge in [0.1, 0.15) is 11.6 Å². The molecule has 0 bridgehead atoms. The van der Waals surface area contributed by atoms with Gasteiger partial charge in [-0.25, -0.2) is 8.78 Å². The molecule has 0 spiro atoms. The molecule has 0 atom stereocenters. The summed E-state index contributed by atoms with van der Waals surface area (Å²) >= 11 is 0. The van der Waals surface area contributed by atoms with Crippen LogP contribution in [0.5, 0.6) is 0 Å². The molecular formula is C13H17ClF2N2O. The standard InChI is InChI=1S/C13H16F2N2O.ClH/c1-17(10-4-6-16-7-5-10)13(18)11-3-2-9(14)8-12(11)15;/h2-3,8,10,16H,4-7H2,1H3;1H. The number of hydrogen-bond acceptors (Lipinski definition) is 2. The third-order valence-corrected chi connectivity index (χ3v) is 3.34. The molecule has 2 rings (SSSR count). The molecule has 1 fully saturated rings. The minimum atomic E-state index is -0.805. The zero-order chi connectivity index (χ0) is 13.1. The van der Waals surface area contributed by atoms with E-state index in [4.69, 9.17) is 0 Å². The van der Waals surface area contributed by atoms with Crippen molar-refractivity contribution in [1.29, 1.82) is 0 Å². The molecule has 3 nitrogen and oxygen atoms in total. The molecule has 0 unspecified atom stereocenters. The molecule has 1 saturated heterocycles. The summed E-state index contributed by atoms with van der Waals surface area (Å²) in [5, 5.41) is 3.21. The maximum absolute atomic E-state index is 13.5. The summed E-state index contributed by atoms with van der Waals surface area (Å²) in [6.07, 6.45) is 1.70. The molecule has 0 aromatic heterocycles. The maximum atomic E-state index is 13.5. The summed E-state index contributed by atoms with van der Waals surface area (Å²) in [4.78, 5) is 13.7. The van der Waals surface area contributed by atoms with Crippen LogP contribution in [0.2, 0.25) is 0 Å². The molecule has 19 heavy (non-hydrogen) atoms. The molecule has 1 aromatic rings. The van der Waals surface area contributed by atoms with Crippen LogP contribution < -0.4 is 5.32 Å². The first kappa shape index (κ1) is 15.9. The highest BCUT2D eigenvalue weighted by atomic mass is 35.5. The van der Waals surface area contributed by atoms with Gasteiger partial charge < -0.3 is 10.2 Å². The van der Waals surface area contributed by atoms with Crippen LogP contribution in [0.25, 0.3) is 0 Å². The van der Waals surface area contributed by atoms with Gasteiger partial charge in [-0.3, -0.25) is 4.79 Å². The lowest BCUT2D eigenvalue weighted by atomic mass is 10.0. The summed E-state index contributed by atoms with van der Waals surface area (Å²) < 4.78 is 26.3. The Balaban J connectivity index is 0.00000180. The molecule has 1 heterocycles. The number of halogens is 3. The van der Waals surface area contributed by atoms with Gasteiger partial charge in [-0.2, -0.15) is 0 Å². The number of carbonyl (C=O) groups excluding carboxylic acids is 1. The van der Waals surface area contributed by atoms with Crippen LogP contribution in [-0.4, -0.2) is 37.0 Å². The van der Waals surface area contributed by atoms with E-state index in [1.54, 1.807) is 11.9 Å². The lowest BCUT2D eigenvalue weighted by molar-refractivity contribution is 0.0698. The number of nitrogens with zero attached hydrogens (tertiary/aromatic N) is 1. The number of benzene rings is 1. The predicted molar refractivity (Wildman–Crippen MR) is 71.6 cm³/mol. The van der Waals surface area contributed by atoms with Crippen LogP contribution in [0.15, 0.2) is 18.2 Å². The van der Waals surface area contributed by atoms with Crippen molar-refractivity contribution in [2.45, 2.75) is 18.9 Å². The van der Waals surface area contributed by atoms with Gasteiger partial charge in [-0.15, -0.1) is 12.4 Å². The Labute approximate surface area is 117 Å². The van der Waals surface area contributed by atoms with Crippen LogP contribution >= 0.6 is 12.4 Å². The van der Waals surface area contributed by atoms with Crippen LogP contribution in [-0.2, 0) is 0 Å². The van der Waals surface area contributed by atoms with E-state index in [2.05, 4.69) is 5.32 Å². The van der Waals surface area contributed by atoms with Crippen molar-refractivity contribution in [2.75, 3.05) is 20.1 Å². The quantitative estimate of drug-likeness (QED) is 0.906. The zero-order valence-corrected chi connectivity index (χ0v) is 11.5. The van der Waals surface area contributed by atoms with Gasteiger partial charge in [0.25, 0.3) is 5.91 Å². The fourth-order valence-electron chi connectivity index (χ4n) is 2.21. The highest BCUT2D eigenvalue weighted by Crippen LogP contribution is 2.16. The fraction of sp³-hybridized carbons (Fsp3) is 0.462. The zero-order valence-electron chi connectivity index (χ0n) is 10.7. The normalized spacial score (nSPS) is 15.7. The number of nitrogens with one attached hydrogen (secondary N) is 1. The topological polar surface area (TPSA) is 32.3 Å². The minimum Gasteiger partial charge on any atom is -0.339 e. The van der Waals surface area contributed by atoms with Gasteiger partial charge in [0.15, 0.2) is 0 Å². The summed E-state index contributed by atoms with van der Waals surface area (Å²) in [6, 6.07) is 3.16. The largest absolute Gasteiger partial charge is 0.339 e. The van der Waals surface area contributed by atoms with E-state index < -0.39 is 11.6 Å². The van der Waals surface area contributed by atoms with Crippen molar-refractivity contribution in [1.82, 2.24) is 10.2 Å². The van der Waals surface area contributed by atoms with E-state index in [9.17, 15) is 13.6 Å². The summed E-state index contributed by atoms with van der Waals surface area (Å²) in [7, 11) is 1.67. The van der Waals surface area contributed by atoms with Crippen molar-refractivity contribution in [3.8, 4) is 0 Å². The molecule has 1 aliphatic heterocycles. The Morgan fingerprint density at radius 2 is 1.95 bits per heavy atom. The molecule has 106 valence electrons. The van der Waals surface area contributed by atoms with Crippen molar-refractivity contribution in [3.05, 3.63) is 35.4 Å². The van der Waals surface area contributed by atoms with Gasteiger partial charge in [0.05, 0.1) is 5.56 Å². The third kappa shape index (κ3) is 3.64. The van der Waals surface area contributed by atoms with Gasteiger partial charge in [0, 0.05) is 19.2 Å². The molecule has 1 amide bonds. The molecule has 1 aliphatic rings. The first-order valence-corrected chi connectivity index (χ1v) is 6.02. The number of amides is 1. The lowest BCUT2D eigenvalue weighted by Crippen LogP contribution is -2.44. The number of carbonyl (C=O) groups is 1. The third-order valence-electron chi connectivity index (χ3n) is 3.34. The molecule has 6 heteroatoms. The van der Waals surface area contributed by atoms with Crippen LogP contribution in [0.4, 0.5) is 8.78 Å². The fourth-order valence-corrected chi connectivity index (χ4v) is 2.21. The van der Waals surface area contributed by atoms with Crippen molar-refractivity contribution >= 4 is 18.3 Å². The van der Waals surface area contributed by atoms with Gasteiger partial charge in [-0.1, -0.05) is 0 Å². The summed E-state index contributed by atoms with van der Waals surface area (Å²) in [5.74, 6) is -1.87. The second-order valence-electron chi connectivity index (χ2n) is 4.52. The molecule has 1 N–H and O–H groups in total. The molecular weight excluding hydrogens is 274 g/mol. The second-order valence-corrected chi connectivity index (χ2v) is 4.52. The van der Waals surface area contributed by atoms with E-state index in [-0.39, 0.29) is 29.9 Å². The lowest BCUT2D eigenvalue weighted by Gasteiger charge is -2.31. The Morgan fingerprint density at radius 3 is 2.53 bits per heavy atom. The van der Waals surface area contributed by atoms with Gasteiger partial charge >= 0.3 is 0 Å². The van der Waals surface area contributed by atoms with Crippen molar-refractivity contribution < 1.29 is 13.6 Å². The molecule has 0 aliphatic carbocycles. The highest BCUT2D eigenvalue weighted by Gasteiger charge is 2.24. The number of hydrogen-bond donors (Lipinski definition) is 1.